The Bertz CT molecular complexity index is 359. The molecule has 0 saturated carbocycles. The van der Waals surface area contributed by atoms with Crippen molar-refractivity contribution in [3.05, 3.63) is 5.01 Å². The largest absolute Gasteiger partial charge is 0.306 e. The van der Waals surface area contributed by atoms with Crippen LogP contribution in [0.5, 0.6) is 0 Å². The maximum absolute atomic E-state index is 11.7. The van der Waals surface area contributed by atoms with Crippen LogP contribution >= 0.6 is 11.3 Å². The molecule has 0 spiro atoms. The molecule has 1 fully saturated rings. The van der Waals surface area contributed by atoms with Gasteiger partial charge in [-0.05, 0) is 25.8 Å². The Morgan fingerprint density at radius 3 is 3.19 bits per heavy atom. The van der Waals surface area contributed by atoms with Gasteiger partial charge in [-0.25, -0.2) is 0 Å². The third kappa shape index (κ3) is 2.76. The molecule has 1 aromatic rings. The Balaban J connectivity index is 1.89. The Morgan fingerprint density at radius 2 is 2.50 bits per heavy atom. The molecule has 2 heterocycles. The summed E-state index contributed by atoms with van der Waals surface area (Å²) in [5.74, 6) is 0.0108. The van der Waals surface area contributed by atoms with Crippen LogP contribution in [-0.2, 0) is 11.2 Å². The van der Waals surface area contributed by atoms with Crippen LogP contribution in [0.4, 0.5) is 5.13 Å². The van der Waals surface area contributed by atoms with Gasteiger partial charge < -0.3 is 5.32 Å². The summed E-state index contributed by atoms with van der Waals surface area (Å²) in [7, 11) is 0. The van der Waals surface area contributed by atoms with Crippen molar-refractivity contribution < 1.29 is 4.79 Å². The van der Waals surface area contributed by atoms with Gasteiger partial charge in [-0.3, -0.25) is 10.1 Å². The number of aryl methyl sites for hydroxylation is 1. The molecule has 16 heavy (non-hydrogen) atoms. The van der Waals surface area contributed by atoms with Gasteiger partial charge in [-0.15, -0.1) is 10.2 Å². The van der Waals surface area contributed by atoms with E-state index in [4.69, 9.17) is 0 Å². The highest BCUT2D eigenvalue weighted by molar-refractivity contribution is 7.15. The summed E-state index contributed by atoms with van der Waals surface area (Å²) in [4.78, 5) is 11.7. The highest BCUT2D eigenvalue weighted by Gasteiger charge is 2.22. The van der Waals surface area contributed by atoms with E-state index in [1.54, 1.807) is 0 Å². The number of nitrogens with one attached hydrogen (secondary N) is 2. The Kier molecular flexibility index (Phi) is 3.84. The molecule has 1 aliphatic rings. The first kappa shape index (κ1) is 11.5. The fraction of sp³-hybridized carbons (Fsp3) is 0.700. The van der Waals surface area contributed by atoms with Gasteiger partial charge in [0.05, 0.1) is 6.04 Å². The number of amides is 1. The molecule has 1 aromatic heterocycles. The first-order chi connectivity index (χ1) is 7.79. The summed E-state index contributed by atoms with van der Waals surface area (Å²) >= 11 is 1.46. The van der Waals surface area contributed by atoms with Crippen LogP contribution in [0.15, 0.2) is 0 Å². The zero-order chi connectivity index (χ0) is 11.4. The van der Waals surface area contributed by atoms with E-state index >= 15 is 0 Å². The molecule has 2 N–H and O–H groups in total. The molecule has 6 heteroatoms. The van der Waals surface area contributed by atoms with E-state index in [1.165, 1.54) is 11.3 Å². The van der Waals surface area contributed by atoms with Crippen LogP contribution in [0.2, 0.25) is 0 Å². The van der Waals surface area contributed by atoms with Crippen LogP contribution in [0.1, 0.15) is 31.2 Å². The topological polar surface area (TPSA) is 66.9 Å². The monoisotopic (exact) mass is 240 g/mol. The summed E-state index contributed by atoms with van der Waals surface area (Å²) in [5.41, 5.74) is 0. The van der Waals surface area contributed by atoms with Crippen LogP contribution in [-0.4, -0.2) is 28.7 Å². The average molecular weight is 240 g/mol. The van der Waals surface area contributed by atoms with Crippen LogP contribution in [0, 0.1) is 0 Å². The van der Waals surface area contributed by atoms with Crippen molar-refractivity contribution in [2.75, 3.05) is 11.9 Å². The molecule has 88 valence electrons. The molecule has 0 aliphatic carbocycles. The predicted octanol–water partition coefficient (Wildman–Crippen LogP) is 1.18. The first-order valence-corrected chi connectivity index (χ1v) is 6.48. The van der Waals surface area contributed by atoms with Crippen molar-refractivity contribution in [3.63, 3.8) is 0 Å². The first-order valence-electron chi connectivity index (χ1n) is 5.66. The zero-order valence-electron chi connectivity index (χ0n) is 9.32. The number of hydrogen-bond acceptors (Lipinski definition) is 5. The van der Waals surface area contributed by atoms with E-state index < -0.39 is 0 Å². The maximum Gasteiger partial charge on any atom is 0.243 e. The van der Waals surface area contributed by atoms with Gasteiger partial charge in [0.1, 0.15) is 5.01 Å². The Hall–Kier alpha value is -1.01. The smallest absolute Gasteiger partial charge is 0.243 e. The lowest BCUT2D eigenvalue weighted by atomic mass is 10.2. The van der Waals surface area contributed by atoms with E-state index in [0.29, 0.717) is 5.13 Å². The summed E-state index contributed by atoms with van der Waals surface area (Å²) in [6.45, 7) is 3.03. The minimum atomic E-state index is -0.0569. The second-order valence-corrected chi connectivity index (χ2v) is 4.95. The lowest BCUT2D eigenvalue weighted by Gasteiger charge is -2.07. The summed E-state index contributed by atoms with van der Waals surface area (Å²) in [6.07, 6.45) is 3.95. The third-order valence-electron chi connectivity index (χ3n) is 2.54. The fourth-order valence-corrected chi connectivity index (χ4v) is 2.56. The molecule has 1 atom stereocenters. The molecule has 1 amide bonds. The Labute approximate surface area is 98.7 Å². The van der Waals surface area contributed by atoms with Crippen LogP contribution in [0.3, 0.4) is 0 Å². The lowest BCUT2D eigenvalue weighted by Crippen LogP contribution is -2.35. The predicted molar refractivity (Wildman–Crippen MR) is 63.6 cm³/mol. The third-order valence-corrected chi connectivity index (χ3v) is 3.44. The van der Waals surface area contributed by atoms with Crippen LogP contribution in [0.25, 0.3) is 0 Å². The number of carbonyl (C=O) groups excluding carboxylic acids is 1. The van der Waals surface area contributed by atoms with Gasteiger partial charge in [-0.2, -0.15) is 0 Å². The fourth-order valence-electron chi connectivity index (χ4n) is 1.72. The van der Waals surface area contributed by atoms with Crippen molar-refractivity contribution in [2.24, 2.45) is 0 Å². The molecule has 1 aliphatic heterocycles. The quantitative estimate of drug-likeness (QED) is 0.829. The number of hydrogen-bond donors (Lipinski definition) is 2. The van der Waals surface area contributed by atoms with Gasteiger partial charge in [0.25, 0.3) is 0 Å². The van der Waals surface area contributed by atoms with E-state index in [0.717, 1.165) is 37.2 Å². The van der Waals surface area contributed by atoms with E-state index in [9.17, 15) is 4.79 Å². The molecular formula is C10H16N4OS. The standard InChI is InChI=1S/C10H16N4OS/c1-2-4-8-13-14-10(16-8)12-9(15)7-5-3-6-11-7/h7,11H,2-6H2,1H3,(H,12,14,15). The Morgan fingerprint density at radius 1 is 1.62 bits per heavy atom. The lowest BCUT2D eigenvalue weighted by molar-refractivity contribution is -0.117. The highest BCUT2D eigenvalue weighted by Crippen LogP contribution is 2.17. The molecule has 0 radical (unpaired) electrons. The van der Waals surface area contributed by atoms with E-state index in [1.807, 2.05) is 0 Å². The van der Waals surface area contributed by atoms with E-state index in [-0.39, 0.29) is 11.9 Å². The van der Waals surface area contributed by atoms with Gasteiger partial charge in [-0.1, -0.05) is 18.3 Å². The number of rotatable bonds is 4. The molecule has 0 bridgehead atoms. The maximum atomic E-state index is 11.7. The number of anilines is 1. The summed E-state index contributed by atoms with van der Waals surface area (Å²) in [5, 5.41) is 15.5. The second kappa shape index (κ2) is 5.36. The molecule has 2 rings (SSSR count). The van der Waals surface area contributed by atoms with Crippen molar-refractivity contribution >= 4 is 22.4 Å². The minimum absolute atomic E-state index is 0.0108. The average Bonchev–Trinajstić information content (AvgIpc) is 2.89. The SMILES string of the molecule is CCCc1nnc(NC(=O)C2CCCN2)s1. The molecule has 1 saturated heterocycles. The van der Waals surface area contributed by atoms with Gasteiger partial charge >= 0.3 is 0 Å². The number of nitrogens with zero attached hydrogens (tertiary/aromatic N) is 2. The van der Waals surface area contributed by atoms with Gasteiger partial charge in [0.15, 0.2) is 0 Å². The summed E-state index contributed by atoms with van der Waals surface area (Å²) < 4.78 is 0. The van der Waals surface area contributed by atoms with Crippen LogP contribution < -0.4 is 10.6 Å². The molecule has 0 aromatic carbocycles. The van der Waals surface area contributed by atoms with Crippen molar-refractivity contribution in [2.45, 2.75) is 38.6 Å². The zero-order valence-corrected chi connectivity index (χ0v) is 10.1. The molecule has 1 unspecified atom stereocenters. The normalized spacial score (nSPS) is 19.9. The second-order valence-electron chi connectivity index (χ2n) is 3.89. The van der Waals surface area contributed by atoms with Crippen molar-refractivity contribution in [1.82, 2.24) is 15.5 Å². The number of aromatic nitrogens is 2. The van der Waals surface area contributed by atoms with E-state index in [2.05, 4.69) is 27.8 Å². The number of carbonyl (C=O) groups is 1. The van der Waals surface area contributed by atoms with Gasteiger partial charge in [0, 0.05) is 6.42 Å². The minimum Gasteiger partial charge on any atom is -0.306 e. The van der Waals surface area contributed by atoms with Crippen molar-refractivity contribution in [3.8, 4) is 0 Å². The summed E-state index contributed by atoms with van der Waals surface area (Å²) in [6, 6.07) is -0.0569. The van der Waals surface area contributed by atoms with Crippen molar-refractivity contribution in [1.29, 1.82) is 0 Å². The molecule has 5 nitrogen and oxygen atoms in total. The highest BCUT2D eigenvalue weighted by atomic mass is 32.1. The molecular weight excluding hydrogens is 224 g/mol. The van der Waals surface area contributed by atoms with Gasteiger partial charge in [0.2, 0.25) is 11.0 Å².